The van der Waals surface area contributed by atoms with E-state index >= 15 is 0 Å². The highest BCUT2D eigenvalue weighted by atomic mass is 35.5. The molecule has 1 N–H and O–H groups in total. The molecule has 1 heterocycles. The molecule has 24 heavy (non-hydrogen) atoms. The molecule has 0 aliphatic heterocycles. The fourth-order valence-corrected chi connectivity index (χ4v) is 3.39. The van der Waals surface area contributed by atoms with Crippen molar-refractivity contribution in [1.82, 2.24) is 4.98 Å². The zero-order valence-electron chi connectivity index (χ0n) is 12.8. The summed E-state index contributed by atoms with van der Waals surface area (Å²) in [6, 6.07) is 5.95. The van der Waals surface area contributed by atoms with E-state index < -0.39 is 17.7 Å². The van der Waals surface area contributed by atoms with Crippen LogP contribution in [0, 0.1) is 11.6 Å². The summed E-state index contributed by atoms with van der Waals surface area (Å²) < 4.78 is 26.6. The maximum absolute atomic E-state index is 13.5. The molecular formula is C18H16ClF2NO2. The maximum atomic E-state index is 13.5. The van der Waals surface area contributed by atoms with Gasteiger partial charge >= 0.3 is 0 Å². The van der Waals surface area contributed by atoms with E-state index in [4.69, 9.17) is 11.6 Å². The van der Waals surface area contributed by atoms with Crippen molar-refractivity contribution < 1.29 is 18.7 Å². The Labute approximate surface area is 143 Å². The summed E-state index contributed by atoms with van der Waals surface area (Å²) in [5.41, 5.74) is 1.71. The van der Waals surface area contributed by atoms with Gasteiger partial charge in [0.25, 0.3) is 0 Å². The Morgan fingerprint density at radius 1 is 1.29 bits per heavy atom. The van der Waals surface area contributed by atoms with Crippen LogP contribution in [0.3, 0.4) is 0 Å². The summed E-state index contributed by atoms with van der Waals surface area (Å²) in [6.45, 7) is 0. The molecule has 2 aromatic rings. The number of aliphatic hydroxyl groups is 1. The van der Waals surface area contributed by atoms with E-state index in [1.165, 1.54) is 6.07 Å². The lowest BCUT2D eigenvalue weighted by molar-refractivity contribution is -0.121. The Morgan fingerprint density at radius 3 is 2.88 bits per heavy atom. The Morgan fingerprint density at radius 2 is 2.08 bits per heavy atom. The molecule has 6 heteroatoms. The molecule has 1 aliphatic rings. The van der Waals surface area contributed by atoms with E-state index in [0.717, 1.165) is 11.6 Å². The molecule has 0 saturated carbocycles. The standard InChI is InChI=1S/C18H16ClF2NO2/c19-16-10(3-6-13(20)17(16)21)4-7-14(23)11-5-8-15(24)18-12(11)2-1-9-22-18/h1-3,6,9,11,15,24H,4-5,7-8H2/t11-,15-/m0/s1. The van der Waals surface area contributed by atoms with Gasteiger partial charge in [0.2, 0.25) is 0 Å². The van der Waals surface area contributed by atoms with Crippen LogP contribution in [0.2, 0.25) is 5.02 Å². The van der Waals surface area contributed by atoms with Crippen LogP contribution >= 0.6 is 11.6 Å². The molecule has 3 nitrogen and oxygen atoms in total. The SMILES string of the molecule is O=C(CCc1ccc(F)c(F)c1Cl)[C@H]1CC[C@H](O)c2ncccc21. The van der Waals surface area contributed by atoms with E-state index in [0.29, 0.717) is 24.1 Å². The molecule has 1 aliphatic carbocycles. The molecular weight excluding hydrogens is 336 g/mol. The minimum atomic E-state index is -1.09. The van der Waals surface area contributed by atoms with Gasteiger partial charge in [-0.2, -0.15) is 0 Å². The van der Waals surface area contributed by atoms with Crippen LogP contribution in [0.25, 0.3) is 0 Å². The molecule has 0 amide bonds. The number of ketones is 1. The topological polar surface area (TPSA) is 50.2 Å². The number of carbonyl (C=O) groups is 1. The molecule has 1 aromatic carbocycles. The van der Waals surface area contributed by atoms with E-state index in [1.807, 2.05) is 0 Å². The van der Waals surface area contributed by atoms with Gasteiger partial charge in [-0.1, -0.05) is 23.7 Å². The fraction of sp³-hybridized carbons (Fsp3) is 0.333. The van der Waals surface area contributed by atoms with E-state index in [1.54, 1.807) is 18.3 Å². The highest BCUT2D eigenvalue weighted by molar-refractivity contribution is 6.31. The van der Waals surface area contributed by atoms with Gasteiger partial charge < -0.3 is 5.11 Å². The van der Waals surface area contributed by atoms with Crippen molar-refractivity contribution >= 4 is 17.4 Å². The highest BCUT2D eigenvalue weighted by Gasteiger charge is 2.31. The third-order valence-electron chi connectivity index (χ3n) is 4.44. The Kier molecular flexibility index (Phi) is 4.92. The van der Waals surface area contributed by atoms with Gasteiger partial charge in [0.05, 0.1) is 16.8 Å². The second-order valence-electron chi connectivity index (χ2n) is 5.92. The number of nitrogens with zero attached hydrogens (tertiary/aromatic N) is 1. The number of hydrogen-bond acceptors (Lipinski definition) is 3. The van der Waals surface area contributed by atoms with Crippen LogP contribution in [0.4, 0.5) is 8.78 Å². The summed E-state index contributed by atoms with van der Waals surface area (Å²) in [7, 11) is 0. The third-order valence-corrected chi connectivity index (χ3v) is 4.84. The number of hydrogen-bond donors (Lipinski definition) is 1. The predicted molar refractivity (Wildman–Crippen MR) is 85.9 cm³/mol. The van der Waals surface area contributed by atoms with Crippen molar-refractivity contribution in [3.8, 4) is 0 Å². The third kappa shape index (κ3) is 3.19. The van der Waals surface area contributed by atoms with Gasteiger partial charge in [-0.15, -0.1) is 0 Å². The van der Waals surface area contributed by atoms with Crippen molar-refractivity contribution in [1.29, 1.82) is 0 Å². The number of carbonyl (C=O) groups excluding carboxylic acids is 1. The molecule has 0 spiro atoms. The predicted octanol–water partition coefficient (Wildman–Crippen LogP) is 4.13. The first-order valence-corrected chi connectivity index (χ1v) is 8.14. The Balaban J connectivity index is 1.75. The fourth-order valence-electron chi connectivity index (χ4n) is 3.15. The Hall–Kier alpha value is -1.85. The van der Waals surface area contributed by atoms with Crippen LogP contribution in [0.1, 0.15) is 48.1 Å². The number of aliphatic hydroxyl groups excluding tert-OH is 1. The summed E-state index contributed by atoms with van der Waals surface area (Å²) in [4.78, 5) is 16.8. The number of rotatable bonds is 4. The van der Waals surface area contributed by atoms with Gasteiger partial charge in [-0.25, -0.2) is 8.78 Å². The van der Waals surface area contributed by atoms with Crippen molar-refractivity contribution in [2.45, 2.75) is 37.7 Å². The Bertz CT molecular complexity index is 782. The minimum absolute atomic E-state index is 0.0167. The summed E-state index contributed by atoms with van der Waals surface area (Å²) >= 11 is 5.80. The molecule has 1 aromatic heterocycles. The first kappa shape index (κ1) is 17.0. The first-order chi connectivity index (χ1) is 11.5. The molecule has 126 valence electrons. The molecule has 2 atom stereocenters. The van der Waals surface area contributed by atoms with E-state index in [-0.39, 0.29) is 29.6 Å². The quantitative estimate of drug-likeness (QED) is 0.843. The average molecular weight is 352 g/mol. The number of pyridine rings is 1. The molecule has 0 saturated heterocycles. The van der Waals surface area contributed by atoms with E-state index in [2.05, 4.69) is 4.98 Å². The maximum Gasteiger partial charge on any atom is 0.177 e. The molecule has 3 rings (SSSR count). The lowest BCUT2D eigenvalue weighted by Crippen LogP contribution is -2.22. The number of aromatic nitrogens is 1. The van der Waals surface area contributed by atoms with Crippen molar-refractivity contribution in [3.05, 3.63) is 63.9 Å². The largest absolute Gasteiger partial charge is 0.387 e. The number of fused-ring (bicyclic) bond motifs is 1. The monoisotopic (exact) mass is 351 g/mol. The van der Waals surface area contributed by atoms with Gasteiger partial charge in [0, 0.05) is 18.5 Å². The number of aryl methyl sites for hydroxylation is 1. The summed E-state index contributed by atoms with van der Waals surface area (Å²) in [6.07, 6.45) is 2.38. The average Bonchev–Trinajstić information content (AvgIpc) is 2.59. The summed E-state index contributed by atoms with van der Waals surface area (Å²) in [5, 5.41) is 9.72. The van der Waals surface area contributed by atoms with Gasteiger partial charge in [0.1, 0.15) is 5.78 Å². The van der Waals surface area contributed by atoms with Crippen LogP contribution in [0.5, 0.6) is 0 Å². The van der Waals surface area contributed by atoms with Crippen LogP contribution < -0.4 is 0 Å². The molecule has 0 fully saturated rings. The lowest BCUT2D eigenvalue weighted by Gasteiger charge is -2.27. The van der Waals surface area contributed by atoms with Crippen molar-refractivity contribution in [2.75, 3.05) is 0 Å². The molecule has 0 unspecified atom stereocenters. The summed E-state index contributed by atoms with van der Waals surface area (Å²) in [5.74, 6) is -2.44. The first-order valence-electron chi connectivity index (χ1n) is 7.77. The minimum Gasteiger partial charge on any atom is -0.387 e. The van der Waals surface area contributed by atoms with Crippen LogP contribution in [-0.4, -0.2) is 15.9 Å². The van der Waals surface area contributed by atoms with Crippen LogP contribution in [0.15, 0.2) is 30.5 Å². The van der Waals surface area contributed by atoms with Crippen molar-refractivity contribution in [2.24, 2.45) is 0 Å². The van der Waals surface area contributed by atoms with Crippen molar-refractivity contribution in [3.63, 3.8) is 0 Å². The normalized spacial score (nSPS) is 19.8. The zero-order chi connectivity index (χ0) is 17.3. The number of benzene rings is 1. The van der Waals surface area contributed by atoms with Gasteiger partial charge in [-0.3, -0.25) is 9.78 Å². The van der Waals surface area contributed by atoms with Gasteiger partial charge in [0.15, 0.2) is 11.6 Å². The van der Waals surface area contributed by atoms with Gasteiger partial charge in [-0.05, 0) is 42.5 Å². The smallest absolute Gasteiger partial charge is 0.177 e. The number of Topliss-reactive ketones (excluding diaryl/α,β-unsaturated/α-hetero) is 1. The van der Waals surface area contributed by atoms with E-state index in [9.17, 15) is 18.7 Å². The second-order valence-corrected chi connectivity index (χ2v) is 6.30. The van der Waals surface area contributed by atoms with Crippen LogP contribution in [-0.2, 0) is 11.2 Å². The zero-order valence-corrected chi connectivity index (χ0v) is 13.6. The lowest BCUT2D eigenvalue weighted by atomic mass is 9.80. The second kappa shape index (κ2) is 6.95. The highest BCUT2D eigenvalue weighted by Crippen LogP contribution is 2.37. The molecule has 0 radical (unpaired) electrons. The molecule has 0 bridgehead atoms. The number of halogens is 3.